The minimum Gasteiger partial charge on any atom is -0.441 e. The van der Waals surface area contributed by atoms with E-state index in [1.165, 1.54) is 6.08 Å². The predicted octanol–water partition coefficient (Wildman–Crippen LogP) is 3.43. The van der Waals surface area contributed by atoms with Crippen LogP contribution in [0.25, 0.3) is 11.5 Å². The van der Waals surface area contributed by atoms with E-state index in [1.807, 2.05) is 37.3 Å². The predicted molar refractivity (Wildman–Crippen MR) is 113 cm³/mol. The molecular weight excluding hydrogens is 402 g/mol. The number of dihydropyridines is 1. The lowest BCUT2D eigenvalue weighted by Gasteiger charge is -2.28. The maximum Gasteiger partial charge on any atom is 0.290 e. The molecule has 0 bridgehead atoms. The van der Waals surface area contributed by atoms with Gasteiger partial charge in [0.05, 0.1) is 10.6 Å². The fourth-order valence-corrected chi connectivity index (χ4v) is 4.00. The lowest BCUT2D eigenvalue weighted by molar-refractivity contribution is -0.122. The molecule has 2 aliphatic rings. The highest BCUT2D eigenvalue weighted by atomic mass is 32.2. The quantitative estimate of drug-likeness (QED) is 0.689. The van der Waals surface area contributed by atoms with Gasteiger partial charge in [0.1, 0.15) is 11.3 Å². The molecule has 0 aliphatic carbocycles. The summed E-state index contributed by atoms with van der Waals surface area (Å²) in [5.74, 6) is 0.537. The molecule has 8 heteroatoms. The van der Waals surface area contributed by atoms with Gasteiger partial charge >= 0.3 is 0 Å². The lowest BCUT2D eigenvalue weighted by Crippen LogP contribution is -2.48. The van der Waals surface area contributed by atoms with Crippen LogP contribution in [-0.2, 0) is 16.0 Å². The number of amides is 2. The number of nitrogens with zero attached hydrogens (tertiary/aromatic N) is 1. The number of nitrogens with one attached hydrogen (secondary N) is 2. The van der Waals surface area contributed by atoms with Crippen LogP contribution in [0.4, 0.5) is 4.79 Å². The van der Waals surface area contributed by atoms with Crippen molar-refractivity contribution in [2.45, 2.75) is 25.3 Å². The van der Waals surface area contributed by atoms with Crippen molar-refractivity contribution in [3.05, 3.63) is 77.2 Å². The van der Waals surface area contributed by atoms with Gasteiger partial charge in [0.2, 0.25) is 5.89 Å². The van der Waals surface area contributed by atoms with E-state index in [-0.39, 0.29) is 17.1 Å². The van der Waals surface area contributed by atoms with Crippen LogP contribution < -0.4 is 10.6 Å². The van der Waals surface area contributed by atoms with Gasteiger partial charge in [-0.25, -0.2) is 4.98 Å². The van der Waals surface area contributed by atoms with E-state index in [1.54, 1.807) is 24.4 Å². The van der Waals surface area contributed by atoms with Gasteiger partial charge < -0.3 is 9.73 Å². The lowest BCUT2D eigenvalue weighted by atomic mass is 9.88. The highest BCUT2D eigenvalue weighted by Crippen LogP contribution is 2.29. The number of allylic oxidation sites excluding steroid dienone is 2. The third-order valence-corrected chi connectivity index (χ3v) is 5.66. The number of imide groups is 1. The monoisotopic (exact) mass is 421 g/mol. The van der Waals surface area contributed by atoms with Gasteiger partial charge in [-0.05, 0) is 55.2 Å². The molecule has 7 nitrogen and oxygen atoms in total. The summed E-state index contributed by atoms with van der Waals surface area (Å²) < 4.78 is 5.77. The number of carbonyl (C=O) groups is 3. The van der Waals surface area contributed by atoms with Crippen LogP contribution in [0.3, 0.4) is 0 Å². The number of Topliss-reactive ketones (excluding diaryl/α,β-unsaturated/α-hetero) is 1. The van der Waals surface area contributed by atoms with Gasteiger partial charge in [-0.15, -0.1) is 0 Å². The Bertz CT molecular complexity index is 1100. The molecule has 4 rings (SSSR count). The molecule has 152 valence electrons. The summed E-state index contributed by atoms with van der Waals surface area (Å²) in [6.07, 6.45) is 8.89. The molecule has 0 saturated carbocycles. The topological polar surface area (TPSA) is 101 Å². The van der Waals surface area contributed by atoms with Crippen LogP contribution >= 0.6 is 11.8 Å². The second-order valence-corrected chi connectivity index (χ2v) is 7.91. The Labute approximate surface area is 177 Å². The van der Waals surface area contributed by atoms with Crippen molar-refractivity contribution in [2.75, 3.05) is 0 Å². The second kappa shape index (κ2) is 8.16. The molecule has 1 fully saturated rings. The van der Waals surface area contributed by atoms with Crippen LogP contribution in [0.2, 0.25) is 0 Å². The van der Waals surface area contributed by atoms with Gasteiger partial charge in [0.25, 0.3) is 11.1 Å². The first-order valence-corrected chi connectivity index (χ1v) is 10.2. The molecular formula is C22H19N3O4S. The average molecular weight is 421 g/mol. The number of aromatic nitrogens is 1. The van der Waals surface area contributed by atoms with Crippen LogP contribution in [0.15, 0.2) is 70.2 Å². The summed E-state index contributed by atoms with van der Waals surface area (Å²) in [5.41, 5.74) is 0.387. The zero-order valence-electron chi connectivity index (χ0n) is 16.2. The number of aryl methyl sites for hydroxylation is 2. The zero-order chi connectivity index (χ0) is 21.1. The molecule has 1 unspecified atom stereocenters. The Kier molecular flexibility index (Phi) is 5.41. The average Bonchev–Trinajstić information content (AvgIpc) is 3.28. The summed E-state index contributed by atoms with van der Waals surface area (Å²) in [6, 6.07) is 9.56. The number of rotatable bonds is 6. The third-order valence-electron chi connectivity index (χ3n) is 4.85. The number of hydrogen-bond acceptors (Lipinski definition) is 7. The van der Waals surface area contributed by atoms with E-state index in [4.69, 9.17) is 4.42 Å². The van der Waals surface area contributed by atoms with Crippen molar-refractivity contribution in [1.29, 1.82) is 0 Å². The molecule has 1 aromatic heterocycles. The van der Waals surface area contributed by atoms with Crippen LogP contribution in [-0.4, -0.2) is 27.5 Å². The molecule has 1 atom stereocenters. The summed E-state index contributed by atoms with van der Waals surface area (Å²) in [6.45, 7) is 1.82. The normalized spacial score (nSPS) is 21.7. The molecule has 0 radical (unpaired) electrons. The van der Waals surface area contributed by atoms with Crippen LogP contribution in [0.1, 0.15) is 17.9 Å². The van der Waals surface area contributed by atoms with Gasteiger partial charge in [-0.1, -0.05) is 24.3 Å². The molecule has 1 saturated heterocycles. The fourth-order valence-electron chi connectivity index (χ4n) is 3.27. The van der Waals surface area contributed by atoms with Gasteiger partial charge in [-0.3, -0.25) is 19.7 Å². The minimum atomic E-state index is -1.20. The highest BCUT2D eigenvalue weighted by Gasteiger charge is 2.37. The molecule has 2 aliphatic heterocycles. The summed E-state index contributed by atoms with van der Waals surface area (Å²) in [7, 11) is 0. The van der Waals surface area contributed by atoms with Crippen LogP contribution in [0.5, 0.6) is 0 Å². The zero-order valence-corrected chi connectivity index (χ0v) is 17.0. The molecule has 1 aromatic carbocycles. The van der Waals surface area contributed by atoms with E-state index in [0.29, 0.717) is 23.8 Å². The number of hydrogen-bond donors (Lipinski definition) is 2. The number of ketones is 1. The SMILES string of the molecule is Cc1oc(-c2ccccc2)nc1CCC(=O)C1(C=C2SC(=O)NC2=O)C=CC=CN1. The van der Waals surface area contributed by atoms with Crippen molar-refractivity contribution < 1.29 is 18.8 Å². The summed E-state index contributed by atoms with van der Waals surface area (Å²) in [5, 5.41) is 4.80. The standard InChI is InChI=1S/C22H19N3O4S/c1-14-16(24-20(29-14)15-7-3-2-4-8-15)9-10-18(26)22(11-5-6-12-23-22)13-17-19(27)25-21(28)30-17/h2-8,11-13,23H,9-10H2,1H3,(H,25,27,28). The summed E-state index contributed by atoms with van der Waals surface area (Å²) >= 11 is 0.785. The van der Waals surface area contributed by atoms with Crippen LogP contribution in [0, 0.1) is 6.92 Å². The molecule has 2 N–H and O–H groups in total. The summed E-state index contributed by atoms with van der Waals surface area (Å²) in [4.78, 5) is 41.4. The maximum absolute atomic E-state index is 13.2. The van der Waals surface area contributed by atoms with Crippen molar-refractivity contribution in [2.24, 2.45) is 0 Å². The Hall–Kier alpha value is -3.39. The molecule has 0 spiro atoms. The van der Waals surface area contributed by atoms with Gasteiger partial charge in [0.15, 0.2) is 5.78 Å². The van der Waals surface area contributed by atoms with Gasteiger partial charge in [0, 0.05) is 18.4 Å². The molecule has 2 aromatic rings. The smallest absolute Gasteiger partial charge is 0.290 e. The maximum atomic E-state index is 13.2. The van der Waals surface area contributed by atoms with E-state index >= 15 is 0 Å². The third kappa shape index (κ3) is 3.99. The van der Waals surface area contributed by atoms with Crippen molar-refractivity contribution >= 4 is 28.7 Å². The second-order valence-electron chi connectivity index (χ2n) is 6.89. The Morgan fingerprint density at radius 1 is 1.23 bits per heavy atom. The van der Waals surface area contributed by atoms with E-state index in [2.05, 4.69) is 15.6 Å². The highest BCUT2D eigenvalue weighted by molar-refractivity contribution is 8.18. The van der Waals surface area contributed by atoms with Gasteiger partial charge in [-0.2, -0.15) is 0 Å². The molecule has 3 heterocycles. The number of benzene rings is 1. The first-order chi connectivity index (χ1) is 14.5. The minimum absolute atomic E-state index is 0.146. The van der Waals surface area contributed by atoms with E-state index in [0.717, 1.165) is 17.3 Å². The van der Waals surface area contributed by atoms with Crippen molar-refractivity contribution in [1.82, 2.24) is 15.6 Å². The first kappa shape index (κ1) is 19.9. The van der Waals surface area contributed by atoms with E-state index in [9.17, 15) is 14.4 Å². The Morgan fingerprint density at radius 3 is 2.70 bits per heavy atom. The fraction of sp³-hybridized carbons (Fsp3) is 0.182. The first-order valence-electron chi connectivity index (χ1n) is 9.40. The Morgan fingerprint density at radius 2 is 2.03 bits per heavy atom. The van der Waals surface area contributed by atoms with Crippen molar-refractivity contribution in [3.8, 4) is 11.5 Å². The number of thioether (sulfide) groups is 1. The Balaban J connectivity index is 1.53. The van der Waals surface area contributed by atoms with Crippen molar-refractivity contribution in [3.63, 3.8) is 0 Å². The number of oxazole rings is 1. The number of carbonyl (C=O) groups excluding carboxylic acids is 3. The van der Waals surface area contributed by atoms with E-state index < -0.39 is 16.7 Å². The molecule has 2 amide bonds. The largest absolute Gasteiger partial charge is 0.441 e. The molecule has 30 heavy (non-hydrogen) atoms.